The molecular weight excluding hydrogens is 220 g/mol. The summed E-state index contributed by atoms with van der Waals surface area (Å²) >= 11 is 0. The van der Waals surface area contributed by atoms with Gasteiger partial charge in [-0.2, -0.15) is 0 Å². The molecule has 1 fully saturated rings. The zero-order valence-electron chi connectivity index (χ0n) is 7.98. The Bertz CT molecular complexity index is 414. The molecule has 0 aliphatic carbocycles. The molecular formula is C9H6O7. The fourth-order valence-corrected chi connectivity index (χ4v) is 0.928. The Morgan fingerprint density at radius 2 is 1.44 bits per heavy atom. The molecule has 0 amide bonds. The summed E-state index contributed by atoms with van der Waals surface area (Å²) in [5.74, 6) is -3.03. The molecule has 0 aromatic rings. The first-order valence-corrected chi connectivity index (χ1v) is 4.25. The van der Waals surface area contributed by atoms with Crippen molar-refractivity contribution in [1.82, 2.24) is 0 Å². The minimum absolute atomic E-state index is 0.363. The maximum absolute atomic E-state index is 11.1. The molecule has 0 aromatic heterocycles. The van der Waals surface area contributed by atoms with E-state index >= 15 is 0 Å². The summed E-state index contributed by atoms with van der Waals surface area (Å²) in [6.07, 6.45) is -1.51. The second kappa shape index (κ2) is 4.99. The molecule has 0 bridgehead atoms. The Balaban J connectivity index is 2.89. The Hall–Kier alpha value is -2.27. The zero-order valence-corrected chi connectivity index (χ0v) is 7.98. The molecule has 0 radical (unpaired) electrons. The summed E-state index contributed by atoms with van der Waals surface area (Å²) in [5, 5.41) is 0. The Kier molecular flexibility index (Phi) is 3.68. The molecule has 1 heterocycles. The fraction of sp³-hybridized carbons (Fsp3) is 0.333. The quantitative estimate of drug-likeness (QED) is 0.227. The number of carbonyl (C=O) groups excluding carboxylic acids is 5. The van der Waals surface area contributed by atoms with Crippen molar-refractivity contribution in [2.75, 3.05) is 0 Å². The van der Waals surface area contributed by atoms with E-state index in [4.69, 9.17) is 0 Å². The summed E-state index contributed by atoms with van der Waals surface area (Å²) in [6.45, 7) is 0. The second-order valence-electron chi connectivity index (χ2n) is 2.86. The van der Waals surface area contributed by atoms with E-state index in [2.05, 4.69) is 9.47 Å². The van der Waals surface area contributed by atoms with Gasteiger partial charge < -0.3 is 9.47 Å². The molecule has 0 spiro atoms. The highest BCUT2D eigenvalue weighted by Crippen LogP contribution is 2.08. The Morgan fingerprint density at radius 3 is 2.00 bits per heavy atom. The first-order chi connectivity index (χ1) is 7.52. The molecule has 1 saturated heterocycles. The third-order valence-electron chi connectivity index (χ3n) is 1.66. The van der Waals surface area contributed by atoms with Gasteiger partial charge in [0.05, 0.1) is 19.3 Å². The third-order valence-corrected chi connectivity index (χ3v) is 1.66. The van der Waals surface area contributed by atoms with Gasteiger partial charge in [0.25, 0.3) is 0 Å². The molecule has 1 aliphatic rings. The number of hydrogen-bond donors (Lipinski definition) is 0. The first kappa shape index (κ1) is 11.8. The van der Waals surface area contributed by atoms with Crippen LogP contribution < -0.4 is 0 Å². The van der Waals surface area contributed by atoms with Gasteiger partial charge in [-0.3, -0.25) is 14.4 Å². The average Bonchev–Trinajstić information content (AvgIpc) is 2.21. The molecule has 0 aromatic carbocycles. The van der Waals surface area contributed by atoms with Crippen LogP contribution in [0.4, 0.5) is 0 Å². The van der Waals surface area contributed by atoms with Gasteiger partial charge in [-0.1, -0.05) is 0 Å². The van der Waals surface area contributed by atoms with Crippen molar-refractivity contribution in [1.29, 1.82) is 0 Å². The number of rotatable bonds is 0. The van der Waals surface area contributed by atoms with Crippen molar-refractivity contribution >= 4 is 29.8 Å². The van der Waals surface area contributed by atoms with Crippen molar-refractivity contribution in [2.45, 2.75) is 19.3 Å². The number of hydrogen-bond acceptors (Lipinski definition) is 7. The molecule has 0 atom stereocenters. The SMILES string of the molecule is O=C=C1CC(=O)OC(=O)CCC(=O)OC1=O. The van der Waals surface area contributed by atoms with Crippen LogP contribution in [-0.4, -0.2) is 29.8 Å². The predicted octanol–water partition coefficient (Wildman–Crippen LogP) is -0.932. The minimum atomic E-state index is -1.24. The van der Waals surface area contributed by atoms with Crippen LogP contribution in [0.25, 0.3) is 0 Å². The van der Waals surface area contributed by atoms with E-state index in [9.17, 15) is 24.0 Å². The van der Waals surface area contributed by atoms with E-state index in [1.165, 1.54) is 0 Å². The van der Waals surface area contributed by atoms with Gasteiger partial charge in [-0.25, -0.2) is 9.59 Å². The highest BCUT2D eigenvalue weighted by atomic mass is 16.6. The topological polar surface area (TPSA) is 104 Å². The molecule has 16 heavy (non-hydrogen) atoms. The molecule has 0 N–H and O–H groups in total. The zero-order chi connectivity index (χ0) is 12.1. The first-order valence-electron chi connectivity index (χ1n) is 4.25. The van der Waals surface area contributed by atoms with E-state index in [1.54, 1.807) is 0 Å². The minimum Gasteiger partial charge on any atom is -0.393 e. The summed E-state index contributed by atoms with van der Waals surface area (Å²) in [7, 11) is 0. The van der Waals surface area contributed by atoms with Gasteiger partial charge in [0.1, 0.15) is 11.5 Å². The van der Waals surface area contributed by atoms with Crippen molar-refractivity contribution in [3.8, 4) is 0 Å². The standard InChI is InChI=1S/C9H6O7/c10-4-5-3-8(13)15-6(11)1-2-7(12)16-9(5)14/h1-3H2. The summed E-state index contributed by atoms with van der Waals surface area (Å²) in [5.41, 5.74) is -0.687. The largest absolute Gasteiger partial charge is 0.393 e. The van der Waals surface area contributed by atoms with Gasteiger partial charge in [0.2, 0.25) is 0 Å². The molecule has 84 valence electrons. The van der Waals surface area contributed by atoms with Crippen LogP contribution in [0.5, 0.6) is 0 Å². The van der Waals surface area contributed by atoms with Gasteiger partial charge in [-0.05, 0) is 0 Å². The van der Waals surface area contributed by atoms with Crippen LogP contribution >= 0.6 is 0 Å². The second-order valence-corrected chi connectivity index (χ2v) is 2.86. The lowest BCUT2D eigenvalue weighted by atomic mass is 10.2. The number of cyclic esters (lactones) is 4. The molecule has 7 nitrogen and oxygen atoms in total. The van der Waals surface area contributed by atoms with Gasteiger partial charge in [-0.15, -0.1) is 0 Å². The van der Waals surface area contributed by atoms with Gasteiger partial charge >= 0.3 is 23.9 Å². The molecule has 0 unspecified atom stereocenters. The summed E-state index contributed by atoms with van der Waals surface area (Å²) in [4.78, 5) is 54.1. The van der Waals surface area contributed by atoms with E-state index in [1.807, 2.05) is 0 Å². The van der Waals surface area contributed by atoms with E-state index in [0.29, 0.717) is 0 Å². The number of carbonyl (C=O) groups is 4. The summed E-state index contributed by atoms with van der Waals surface area (Å²) in [6, 6.07) is 0. The third kappa shape index (κ3) is 3.14. The molecule has 0 saturated carbocycles. The van der Waals surface area contributed by atoms with E-state index in [0.717, 1.165) is 5.94 Å². The maximum Gasteiger partial charge on any atom is 0.353 e. The van der Waals surface area contributed by atoms with Crippen LogP contribution in [0.1, 0.15) is 19.3 Å². The van der Waals surface area contributed by atoms with Crippen molar-refractivity contribution in [3.05, 3.63) is 5.57 Å². The van der Waals surface area contributed by atoms with Crippen molar-refractivity contribution in [3.63, 3.8) is 0 Å². The van der Waals surface area contributed by atoms with E-state index < -0.39 is 42.3 Å². The number of ether oxygens (including phenoxy) is 2. The summed E-state index contributed by atoms with van der Waals surface area (Å²) < 4.78 is 8.41. The molecule has 7 heteroatoms. The van der Waals surface area contributed by atoms with Crippen LogP contribution in [0.3, 0.4) is 0 Å². The normalized spacial score (nSPS) is 18.6. The molecule has 1 aliphatic heterocycles. The smallest absolute Gasteiger partial charge is 0.353 e. The Labute approximate surface area is 89.0 Å². The average molecular weight is 226 g/mol. The van der Waals surface area contributed by atoms with Crippen LogP contribution in [0, 0.1) is 0 Å². The van der Waals surface area contributed by atoms with Crippen molar-refractivity contribution < 1.29 is 33.4 Å². The number of esters is 4. The van der Waals surface area contributed by atoms with Crippen LogP contribution in [0.15, 0.2) is 5.57 Å². The molecule has 1 rings (SSSR count). The Morgan fingerprint density at radius 1 is 0.875 bits per heavy atom. The van der Waals surface area contributed by atoms with Gasteiger partial charge in [0, 0.05) is 0 Å². The van der Waals surface area contributed by atoms with Gasteiger partial charge in [0.15, 0.2) is 0 Å². The monoisotopic (exact) mass is 226 g/mol. The fourth-order valence-electron chi connectivity index (χ4n) is 0.928. The lowest BCUT2D eigenvalue weighted by molar-refractivity contribution is -0.166. The lowest BCUT2D eigenvalue weighted by Crippen LogP contribution is -2.22. The van der Waals surface area contributed by atoms with Crippen LogP contribution in [0.2, 0.25) is 0 Å². The van der Waals surface area contributed by atoms with E-state index in [-0.39, 0.29) is 6.42 Å². The highest BCUT2D eigenvalue weighted by Gasteiger charge is 2.24. The van der Waals surface area contributed by atoms with Crippen LogP contribution in [-0.2, 0) is 33.4 Å². The maximum atomic E-state index is 11.1. The predicted molar refractivity (Wildman–Crippen MR) is 45.3 cm³/mol. The highest BCUT2D eigenvalue weighted by molar-refractivity contribution is 6.06. The lowest BCUT2D eigenvalue weighted by Gasteiger charge is -2.07. The van der Waals surface area contributed by atoms with Crippen molar-refractivity contribution in [2.24, 2.45) is 0 Å².